The number of ether oxygens (including phenoxy) is 1. The lowest BCUT2D eigenvalue weighted by Gasteiger charge is -2.44. The number of fused-ring (bicyclic) bond motifs is 4. The van der Waals surface area contributed by atoms with Gasteiger partial charge in [-0.3, -0.25) is 14.4 Å². The molecule has 0 unspecified atom stereocenters. The van der Waals surface area contributed by atoms with Crippen molar-refractivity contribution in [2.45, 2.75) is 65.1 Å². The van der Waals surface area contributed by atoms with Crippen molar-refractivity contribution in [2.75, 3.05) is 19.6 Å². The van der Waals surface area contributed by atoms with Crippen LogP contribution in [0, 0.1) is 5.92 Å². The number of piperidine rings is 3. The molecule has 2 aromatic rings. The van der Waals surface area contributed by atoms with Gasteiger partial charge in [-0.2, -0.15) is 9.78 Å². The quantitative estimate of drug-likeness (QED) is 0.403. The number of aromatic nitrogens is 2. The second kappa shape index (κ2) is 12.0. The van der Waals surface area contributed by atoms with Crippen molar-refractivity contribution in [3.8, 4) is 0 Å². The van der Waals surface area contributed by atoms with Crippen molar-refractivity contribution < 1.29 is 29.0 Å². The highest BCUT2D eigenvalue weighted by Crippen LogP contribution is 2.28. The Bertz CT molecular complexity index is 1100. The topological polar surface area (TPSA) is 143 Å². The van der Waals surface area contributed by atoms with E-state index in [1.54, 1.807) is 32.0 Å². The average Bonchev–Trinajstić information content (AvgIpc) is 3.18. The molecule has 11 nitrogen and oxygen atoms in total. The van der Waals surface area contributed by atoms with Crippen LogP contribution in [0.1, 0.15) is 56.6 Å². The van der Waals surface area contributed by atoms with Gasteiger partial charge in [-0.25, -0.2) is 4.79 Å². The van der Waals surface area contributed by atoms with E-state index in [2.05, 4.69) is 20.6 Å². The smallest absolute Gasteiger partial charge is 0.342 e. The monoisotopic (exact) mass is 501 g/mol. The molecule has 2 bridgehead atoms. The highest BCUT2D eigenvalue weighted by Gasteiger charge is 2.35. The number of carbonyl (C=O) groups excluding carboxylic acids is 3. The number of esters is 1. The van der Waals surface area contributed by atoms with Gasteiger partial charge in [0.05, 0.1) is 18.0 Å². The van der Waals surface area contributed by atoms with E-state index in [1.165, 1.54) is 4.68 Å². The van der Waals surface area contributed by atoms with E-state index in [0.29, 0.717) is 22.4 Å². The Morgan fingerprint density at radius 2 is 1.86 bits per heavy atom. The van der Waals surface area contributed by atoms with Gasteiger partial charge in [-0.05, 0) is 77.2 Å². The molecule has 3 N–H and O–H groups in total. The predicted molar refractivity (Wildman–Crippen MR) is 133 cm³/mol. The molecule has 36 heavy (non-hydrogen) atoms. The standard InChI is InChI=1S/C24H33N5O4.CH2O2/c1-14(2)25-24(32)29-20-6-5-16(12-21(30)33-15(3)4)11-18(20)22(27-29)23(31)26-19-13-28-9-7-17(19)8-10-28;2-1-3/h5-6,11,14-15,17,19H,7-10,12-13H2,1-4H3,(H,25,32)(H,26,31);1H,(H,2,3)/t19-;/m0./s1. The molecule has 0 saturated carbocycles. The largest absolute Gasteiger partial charge is 0.483 e. The average molecular weight is 502 g/mol. The number of carboxylic acid groups (broad SMARTS) is 1. The summed E-state index contributed by atoms with van der Waals surface area (Å²) in [6, 6.07) is 4.85. The molecule has 3 saturated heterocycles. The first-order valence-electron chi connectivity index (χ1n) is 12.3. The molecule has 196 valence electrons. The summed E-state index contributed by atoms with van der Waals surface area (Å²) in [6.07, 6.45) is 2.04. The number of nitrogens with zero attached hydrogens (tertiary/aromatic N) is 3. The molecule has 3 fully saturated rings. The lowest BCUT2D eigenvalue weighted by atomic mass is 9.84. The third kappa shape index (κ3) is 6.60. The second-order valence-corrected chi connectivity index (χ2v) is 9.75. The van der Waals surface area contributed by atoms with Gasteiger partial charge in [0.2, 0.25) is 0 Å². The molecule has 1 aromatic heterocycles. The molecule has 5 rings (SSSR count). The minimum Gasteiger partial charge on any atom is -0.483 e. The molecular formula is C25H35N5O6. The fourth-order valence-corrected chi connectivity index (χ4v) is 4.74. The Balaban J connectivity index is 0.00000115. The number of amides is 2. The van der Waals surface area contributed by atoms with E-state index in [0.717, 1.165) is 32.5 Å². The van der Waals surface area contributed by atoms with E-state index in [9.17, 15) is 14.4 Å². The van der Waals surface area contributed by atoms with Crippen LogP contribution in [0.3, 0.4) is 0 Å². The Morgan fingerprint density at radius 3 is 2.42 bits per heavy atom. The minimum absolute atomic E-state index is 0.0777. The SMILES string of the molecule is CC(C)NC(=O)n1nc(C(=O)N[C@H]2CN3CCC2CC3)c2cc(CC(=O)OC(C)C)ccc21.O=CO. The Morgan fingerprint density at radius 1 is 1.19 bits per heavy atom. The summed E-state index contributed by atoms with van der Waals surface area (Å²) >= 11 is 0. The fourth-order valence-electron chi connectivity index (χ4n) is 4.74. The van der Waals surface area contributed by atoms with Gasteiger partial charge in [-0.15, -0.1) is 0 Å². The lowest BCUT2D eigenvalue weighted by Crippen LogP contribution is -2.57. The van der Waals surface area contributed by atoms with Crippen molar-refractivity contribution in [3.05, 3.63) is 29.5 Å². The van der Waals surface area contributed by atoms with Gasteiger partial charge in [0.25, 0.3) is 12.4 Å². The van der Waals surface area contributed by atoms with Crippen molar-refractivity contribution in [1.29, 1.82) is 0 Å². The molecule has 11 heteroatoms. The van der Waals surface area contributed by atoms with Crippen LogP contribution in [0.15, 0.2) is 18.2 Å². The van der Waals surface area contributed by atoms with Gasteiger partial charge in [0, 0.05) is 24.0 Å². The number of hydrogen-bond donors (Lipinski definition) is 3. The van der Waals surface area contributed by atoms with Crippen LogP contribution in [0.4, 0.5) is 4.79 Å². The number of rotatable bonds is 6. The lowest BCUT2D eigenvalue weighted by molar-refractivity contribution is -0.146. The summed E-state index contributed by atoms with van der Waals surface area (Å²) in [5.74, 6) is -0.165. The maximum Gasteiger partial charge on any atom is 0.342 e. The van der Waals surface area contributed by atoms with Gasteiger partial charge < -0.3 is 25.4 Å². The second-order valence-electron chi connectivity index (χ2n) is 9.75. The van der Waals surface area contributed by atoms with Crippen molar-refractivity contribution >= 4 is 35.3 Å². The third-order valence-electron chi connectivity index (χ3n) is 6.25. The van der Waals surface area contributed by atoms with Crippen molar-refractivity contribution in [3.63, 3.8) is 0 Å². The molecule has 2 amide bonds. The number of hydrogen-bond acceptors (Lipinski definition) is 7. The van der Waals surface area contributed by atoms with Crippen molar-refractivity contribution in [2.24, 2.45) is 5.92 Å². The van der Waals surface area contributed by atoms with E-state index in [-0.39, 0.29) is 48.7 Å². The first-order valence-corrected chi connectivity index (χ1v) is 12.3. The van der Waals surface area contributed by atoms with Crippen LogP contribution < -0.4 is 10.6 Å². The van der Waals surface area contributed by atoms with Crippen LogP contribution in [-0.2, 0) is 20.7 Å². The number of nitrogens with one attached hydrogen (secondary N) is 2. The summed E-state index contributed by atoms with van der Waals surface area (Å²) in [4.78, 5) is 49.0. The van der Waals surface area contributed by atoms with E-state index >= 15 is 0 Å². The van der Waals surface area contributed by atoms with Gasteiger partial charge in [-0.1, -0.05) is 6.07 Å². The molecular weight excluding hydrogens is 466 g/mol. The van der Waals surface area contributed by atoms with Gasteiger partial charge in [0.1, 0.15) is 0 Å². The summed E-state index contributed by atoms with van der Waals surface area (Å²) < 4.78 is 6.49. The molecule has 3 aliphatic rings. The first kappa shape index (κ1) is 27.1. The van der Waals surface area contributed by atoms with Gasteiger partial charge in [0.15, 0.2) is 5.69 Å². The zero-order valence-electron chi connectivity index (χ0n) is 21.2. The van der Waals surface area contributed by atoms with Crippen molar-refractivity contribution in [1.82, 2.24) is 25.3 Å². The first-order chi connectivity index (χ1) is 17.1. The molecule has 0 aliphatic carbocycles. The molecule has 3 aliphatic heterocycles. The molecule has 1 aromatic carbocycles. The van der Waals surface area contributed by atoms with Crippen LogP contribution in [0.5, 0.6) is 0 Å². The molecule has 0 radical (unpaired) electrons. The summed E-state index contributed by atoms with van der Waals surface area (Å²) in [7, 11) is 0. The summed E-state index contributed by atoms with van der Waals surface area (Å²) in [5.41, 5.74) is 1.42. The minimum atomic E-state index is -0.399. The van der Waals surface area contributed by atoms with Crippen LogP contribution in [-0.4, -0.2) is 82.0 Å². The highest BCUT2D eigenvalue weighted by molar-refractivity contribution is 6.07. The van der Waals surface area contributed by atoms with Crippen LogP contribution in [0.2, 0.25) is 0 Å². The highest BCUT2D eigenvalue weighted by atomic mass is 16.5. The molecule has 0 spiro atoms. The van der Waals surface area contributed by atoms with E-state index in [1.807, 2.05) is 13.8 Å². The Kier molecular flexibility index (Phi) is 9.03. The molecule has 4 heterocycles. The van der Waals surface area contributed by atoms with E-state index < -0.39 is 6.03 Å². The summed E-state index contributed by atoms with van der Waals surface area (Å²) in [6.45, 7) is 10.1. The van der Waals surface area contributed by atoms with Crippen LogP contribution >= 0.6 is 0 Å². The van der Waals surface area contributed by atoms with Gasteiger partial charge >= 0.3 is 12.0 Å². The number of benzene rings is 1. The summed E-state index contributed by atoms with van der Waals surface area (Å²) in [5, 5.41) is 17.8. The molecule has 1 atom stereocenters. The zero-order valence-corrected chi connectivity index (χ0v) is 21.2. The predicted octanol–water partition coefficient (Wildman–Crippen LogP) is 2.02. The third-order valence-corrected chi connectivity index (χ3v) is 6.25. The van der Waals surface area contributed by atoms with E-state index in [4.69, 9.17) is 14.6 Å². The zero-order chi connectivity index (χ0) is 26.4. The number of carbonyl (C=O) groups is 4. The normalized spacial score (nSPS) is 20.6. The maximum absolute atomic E-state index is 13.3. The Labute approximate surface area is 210 Å². The Hall–Kier alpha value is -3.47. The maximum atomic E-state index is 13.3. The van der Waals surface area contributed by atoms with Crippen LogP contribution in [0.25, 0.3) is 10.9 Å². The fraction of sp³-hybridized carbons (Fsp3) is 0.560.